The van der Waals surface area contributed by atoms with Gasteiger partial charge in [-0.25, -0.2) is 14.3 Å². The van der Waals surface area contributed by atoms with Gasteiger partial charge in [0, 0.05) is 30.9 Å². The van der Waals surface area contributed by atoms with Gasteiger partial charge in [0.15, 0.2) is 11.3 Å². The molecule has 0 saturated heterocycles. The Morgan fingerprint density at radius 1 is 1.30 bits per heavy atom. The van der Waals surface area contributed by atoms with Crippen LogP contribution < -0.4 is 21.9 Å². The van der Waals surface area contributed by atoms with Gasteiger partial charge in [-0.3, -0.25) is 19.1 Å². The fourth-order valence-corrected chi connectivity index (χ4v) is 3.95. The predicted molar refractivity (Wildman–Crippen MR) is 124 cm³/mol. The van der Waals surface area contributed by atoms with Crippen molar-refractivity contribution < 1.29 is 4.79 Å². The number of anilines is 2. The number of carbonyl (C=O) groups excluding carboxylic acids is 1. The summed E-state index contributed by atoms with van der Waals surface area (Å²) >= 11 is 0. The van der Waals surface area contributed by atoms with Gasteiger partial charge in [-0.15, -0.1) is 0 Å². The quantitative estimate of drug-likeness (QED) is 0.524. The van der Waals surface area contributed by atoms with E-state index in [-0.39, 0.29) is 30.4 Å². The number of nitrogen functional groups attached to an aromatic ring is 1. The van der Waals surface area contributed by atoms with Crippen LogP contribution in [-0.2, 0) is 17.8 Å². The molecule has 0 radical (unpaired) electrons. The van der Waals surface area contributed by atoms with E-state index in [4.69, 9.17) is 5.73 Å². The lowest BCUT2D eigenvalue weighted by Crippen LogP contribution is -2.41. The van der Waals surface area contributed by atoms with Crippen LogP contribution in [0.3, 0.4) is 0 Å². The second kappa shape index (κ2) is 9.68. The molecule has 0 unspecified atom stereocenters. The second-order valence-corrected chi connectivity index (χ2v) is 7.80. The zero-order valence-corrected chi connectivity index (χ0v) is 19.3. The standard InChI is InChI=1S/C22H28N8O3/c1-5-7-10-29-19(24)18(21(32)27-22(29)33)28(6-2)17(31)9-8-16-13(3)26-20-15(11-23)12-25-30(20)14(16)4/h12H,5-10,24H2,1-4H3,(H,27,32,33). The maximum absolute atomic E-state index is 13.1. The van der Waals surface area contributed by atoms with Crippen LogP contribution >= 0.6 is 0 Å². The zero-order valence-electron chi connectivity index (χ0n) is 19.3. The third-order valence-electron chi connectivity index (χ3n) is 5.75. The maximum atomic E-state index is 13.1. The Morgan fingerprint density at radius 2 is 2.03 bits per heavy atom. The van der Waals surface area contributed by atoms with E-state index in [1.165, 1.54) is 15.7 Å². The predicted octanol–water partition coefficient (Wildman–Crippen LogP) is 1.44. The molecule has 3 rings (SSSR count). The molecule has 3 heterocycles. The van der Waals surface area contributed by atoms with Crippen molar-refractivity contribution in [3.63, 3.8) is 0 Å². The molecule has 0 saturated carbocycles. The number of nitrogens with one attached hydrogen (secondary N) is 1. The fourth-order valence-electron chi connectivity index (χ4n) is 3.95. The first-order valence-corrected chi connectivity index (χ1v) is 10.9. The van der Waals surface area contributed by atoms with E-state index in [9.17, 15) is 19.6 Å². The molecule has 3 aromatic rings. The monoisotopic (exact) mass is 452 g/mol. The number of aromatic nitrogens is 5. The van der Waals surface area contributed by atoms with Crippen LogP contribution in [0, 0.1) is 25.2 Å². The molecule has 3 N–H and O–H groups in total. The van der Waals surface area contributed by atoms with Gasteiger partial charge in [0.1, 0.15) is 17.5 Å². The van der Waals surface area contributed by atoms with Gasteiger partial charge in [-0.05, 0) is 39.2 Å². The van der Waals surface area contributed by atoms with Gasteiger partial charge in [0.2, 0.25) is 5.91 Å². The van der Waals surface area contributed by atoms with Crippen LogP contribution in [0.5, 0.6) is 0 Å². The number of nitrogens with two attached hydrogens (primary N) is 1. The van der Waals surface area contributed by atoms with Crippen LogP contribution in [0.15, 0.2) is 15.8 Å². The Bertz CT molecular complexity index is 1360. The third kappa shape index (κ3) is 4.37. The first-order valence-electron chi connectivity index (χ1n) is 10.9. The van der Waals surface area contributed by atoms with Gasteiger partial charge in [0.25, 0.3) is 5.56 Å². The molecule has 0 aliphatic carbocycles. The summed E-state index contributed by atoms with van der Waals surface area (Å²) in [6.45, 7) is 7.99. The molecule has 11 nitrogen and oxygen atoms in total. The van der Waals surface area contributed by atoms with Gasteiger partial charge < -0.3 is 10.6 Å². The summed E-state index contributed by atoms with van der Waals surface area (Å²) in [6, 6.07) is 2.07. The number of fused-ring (bicyclic) bond motifs is 1. The average Bonchev–Trinajstić information content (AvgIpc) is 3.19. The van der Waals surface area contributed by atoms with E-state index in [1.807, 2.05) is 20.8 Å². The van der Waals surface area contributed by atoms with Crippen LogP contribution in [0.2, 0.25) is 0 Å². The Kier molecular flexibility index (Phi) is 6.96. The van der Waals surface area contributed by atoms with E-state index < -0.39 is 11.2 Å². The van der Waals surface area contributed by atoms with E-state index >= 15 is 0 Å². The minimum absolute atomic E-state index is 0.00837. The number of aromatic amines is 1. The van der Waals surface area contributed by atoms with Crippen LogP contribution in [0.1, 0.15) is 55.6 Å². The molecule has 0 aliphatic rings. The maximum Gasteiger partial charge on any atom is 0.330 e. The van der Waals surface area contributed by atoms with Gasteiger partial charge in [-0.2, -0.15) is 10.4 Å². The van der Waals surface area contributed by atoms with Crippen molar-refractivity contribution in [3.8, 4) is 6.07 Å². The van der Waals surface area contributed by atoms with Crippen molar-refractivity contribution >= 4 is 23.1 Å². The van der Waals surface area contributed by atoms with Crippen LogP contribution in [-0.4, -0.2) is 36.6 Å². The van der Waals surface area contributed by atoms with E-state index in [0.717, 1.165) is 17.7 Å². The van der Waals surface area contributed by atoms with Crippen LogP contribution in [0.25, 0.3) is 5.65 Å². The number of rotatable bonds is 8. The number of carbonyl (C=O) groups is 1. The van der Waals surface area contributed by atoms with Crippen molar-refractivity contribution in [1.29, 1.82) is 5.26 Å². The van der Waals surface area contributed by atoms with Crippen molar-refractivity contribution in [1.82, 2.24) is 24.1 Å². The number of nitriles is 1. The lowest BCUT2D eigenvalue weighted by atomic mass is 10.1. The first kappa shape index (κ1) is 23.7. The molecular weight excluding hydrogens is 424 g/mol. The summed E-state index contributed by atoms with van der Waals surface area (Å²) in [5, 5.41) is 13.4. The molecule has 174 valence electrons. The lowest BCUT2D eigenvalue weighted by molar-refractivity contribution is -0.118. The molecule has 3 aromatic heterocycles. The van der Waals surface area contributed by atoms with E-state index in [2.05, 4.69) is 21.1 Å². The minimum atomic E-state index is -0.684. The molecule has 11 heteroatoms. The van der Waals surface area contributed by atoms with Crippen LogP contribution in [0.4, 0.5) is 11.5 Å². The highest BCUT2D eigenvalue weighted by molar-refractivity contribution is 5.95. The van der Waals surface area contributed by atoms with Gasteiger partial charge in [0.05, 0.1) is 6.20 Å². The Morgan fingerprint density at radius 3 is 2.67 bits per heavy atom. The molecule has 0 spiro atoms. The lowest BCUT2D eigenvalue weighted by Gasteiger charge is -2.23. The second-order valence-electron chi connectivity index (χ2n) is 7.80. The smallest absolute Gasteiger partial charge is 0.330 e. The fraction of sp³-hybridized carbons (Fsp3) is 0.455. The number of amides is 1. The summed E-state index contributed by atoms with van der Waals surface area (Å²) in [5.74, 6) is -0.309. The molecule has 1 amide bonds. The largest absolute Gasteiger partial charge is 0.383 e. The van der Waals surface area contributed by atoms with Gasteiger partial charge >= 0.3 is 5.69 Å². The highest BCUT2D eigenvalue weighted by Crippen LogP contribution is 2.21. The third-order valence-corrected chi connectivity index (χ3v) is 5.75. The topological polar surface area (TPSA) is 155 Å². The average molecular weight is 453 g/mol. The molecule has 0 fully saturated rings. The summed E-state index contributed by atoms with van der Waals surface area (Å²) in [4.78, 5) is 46.0. The highest BCUT2D eigenvalue weighted by Gasteiger charge is 2.23. The SMILES string of the molecule is CCCCn1c(N)c(N(CC)C(=O)CCc2c(C)nc3c(C#N)cnn3c2C)c(=O)[nH]c1=O. The van der Waals surface area contributed by atoms with Crippen molar-refractivity contribution in [3.05, 3.63) is 49.5 Å². The van der Waals surface area contributed by atoms with Crippen molar-refractivity contribution in [2.75, 3.05) is 17.2 Å². The molecular formula is C22H28N8O3. The van der Waals surface area contributed by atoms with E-state index in [1.54, 1.807) is 11.4 Å². The normalized spacial score (nSPS) is 11.0. The Labute approximate surface area is 190 Å². The summed E-state index contributed by atoms with van der Waals surface area (Å²) in [7, 11) is 0. The number of H-pyrrole nitrogens is 1. The highest BCUT2D eigenvalue weighted by atomic mass is 16.2. The number of hydrogen-bond acceptors (Lipinski definition) is 7. The van der Waals surface area contributed by atoms with Crippen molar-refractivity contribution in [2.24, 2.45) is 0 Å². The Hall–Kier alpha value is -3.94. The molecule has 0 atom stereocenters. The number of unbranched alkanes of at least 4 members (excludes halogenated alkanes) is 1. The minimum Gasteiger partial charge on any atom is -0.383 e. The zero-order chi connectivity index (χ0) is 24.3. The molecule has 0 aliphatic heterocycles. The number of nitrogens with zero attached hydrogens (tertiary/aromatic N) is 6. The number of hydrogen-bond donors (Lipinski definition) is 2. The molecule has 33 heavy (non-hydrogen) atoms. The Balaban J connectivity index is 1.91. The summed E-state index contributed by atoms with van der Waals surface area (Å²) in [5.41, 5.74) is 8.10. The number of aryl methyl sites for hydroxylation is 2. The molecule has 0 aromatic carbocycles. The van der Waals surface area contributed by atoms with Crippen molar-refractivity contribution in [2.45, 2.75) is 59.9 Å². The van der Waals surface area contributed by atoms with E-state index in [0.29, 0.717) is 36.3 Å². The molecule has 0 bridgehead atoms. The van der Waals surface area contributed by atoms with Gasteiger partial charge in [-0.1, -0.05) is 13.3 Å². The summed E-state index contributed by atoms with van der Waals surface area (Å²) < 4.78 is 2.89. The summed E-state index contributed by atoms with van der Waals surface area (Å²) in [6.07, 6.45) is 3.49. The first-order chi connectivity index (χ1) is 15.7.